The number of nitrogens with two attached hydrogens (primary N) is 2. The number of esters is 1. The maximum atomic E-state index is 12.4. The number of anilines is 1. The minimum atomic E-state index is -0.651. The Hall–Kier alpha value is -4.20. The molecule has 0 atom stereocenters. The molecule has 0 spiro atoms. The summed E-state index contributed by atoms with van der Waals surface area (Å²) in [6, 6.07) is 19.5. The van der Waals surface area contributed by atoms with Crippen LogP contribution in [0.4, 0.5) is 5.82 Å². The van der Waals surface area contributed by atoms with Crippen LogP contribution < -0.4 is 11.5 Å². The van der Waals surface area contributed by atoms with Crippen molar-refractivity contribution in [1.82, 2.24) is 14.8 Å². The molecule has 1 aliphatic rings. The molecule has 0 aliphatic heterocycles. The van der Waals surface area contributed by atoms with Crippen LogP contribution in [0.1, 0.15) is 43.1 Å². The quantitative estimate of drug-likeness (QED) is 0.404. The second kappa shape index (κ2) is 8.54. The summed E-state index contributed by atoms with van der Waals surface area (Å²) in [5.74, 6) is -0.677. The summed E-state index contributed by atoms with van der Waals surface area (Å²) < 4.78 is 6.82. The van der Waals surface area contributed by atoms with E-state index in [9.17, 15) is 9.59 Å². The van der Waals surface area contributed by atoms with E-state index in [1.807, 2.05) is 67.6 Å². The van der Waals surface area contributed by atoms with Gasteiger partial charge in [0.05, 0.1) is 29.3 Å². The zero-order valence-electron chi connectivity index (χ0n) is 19.7. The predicted octanol–water partition coefficient (Wildman–Crippen LogP) is 4.35. The molecule has 0 unspecified atom stereocenters. The van der Waals surface area contributed by atoms with Gasteiger partial charge in [-0.2, -0.15) is 5.10 Å². The maximum absolute atomic E-state index is 12.4. The van der Waals surface area contributed by atoms with Crippen molar-refractivity contribution in [3.63, 3.8) is 0 Å². The summed E-state index contributed by atoms with van der Waals surface area (Å²) in [6.07, 6.45) is 1.05. The predicted molar refractivity (Wildman–Crippen MR) is 134 cm³/mol. The van der Waals surface area contributed by atoms with Crippen molar-refractivity contribution in [1.29, 1.82) is 0 Å². The lowest BCUT2D eigenvalue weighted by molar-refractivity contribution is -0.162. The Labute approximate surface area is 202 Å². The fraction of sp³-hybridized carbons (Fsp3) is 0.259. The molecule has 2 aromatic carbocycles. The van der Waals surface area contributed by atoms with E-state index >= 15 is 0 Å². The molecule has 1 saturated carbocycles. The van der Waals surface area contributed by atoms with Crippen molar-refractivity contribution in [3.05, 3.63) is 66.2 Å². The molecule has 2 heterocycles. The van der Waals surface area contributed by atoms with Gasteiger partial charge in [0, 0.05) is 16.5 Å². The number of amides is 1. The van der Waals surface area contributed by atoms with Crippen LogP contribution in [0.15, 0.2) is 60.7 Å². The molecule has 35 heavy (non-hydrogen) atoms. The van der Waals surface area contributed by atoms with E-state index in [0.717, 1.165) is 22.2 Å². The minimum Gasteiger partial charge on any atom is -0.466 e. The van der Waals surface area contributed by atoms with E-state index in [-0.39, 0.29) is 23.4 Å². The maximum Gasteiger partial charge on any atom is 0.311 e. The van der Waals surface area contributed by atoms with Crippen LogP contribution in [0, 0.1) is 5.41 Å². The van der Waals surface area contributed by atoms with Gasteiger partial charge in [-0.3, -0.25) is 9.59 Å². The highest BCUT2D eigenvalue weighted by molar-refractivity contribution is 6.04. The van der Waals surface area contributed by atoms with Crippen molar-refractivity contribution in [2.24, 2.45) is 11.1 Å². The summed E-state index contributed by atoms with van der Waals surface area (Å²) >= 11 is 0. The molecule has 0 saturated heterocycles. The summed E-state index contributed by atoms with van der Waals surface area (Å²) in [5.41, 5.74) is 15.4. The van der Waals surface area contributed by atoms with Crippen molar-refractivity contribution in [3.8, 4) is 22.5 Å². The van der Waals surface area contributed by atoms with Crippen LogP contribution in [-0.4, -0.2) is 33.2 Å². The van der Waals surface area contributed by atoms with Gasteiger partial charge in [-0.05, 0) is 38.8 Å². The molecule has 1 aliphatic carbocycles. The molecule has 4 N–H and O–H groups in total. The number of carbonyl (C=O) groups is 2. The van der Waals surface area contributed by atoms with E-state index < -0.39 is 11.3 Å². The van der Waals surface area contributed by atoms with Crippen molar-refractivity contribution in [2.45, 2.75) is 32.7 Å². The van der Waals surface area contributed by atoms with Crippen LogP contribution in [0.5, 0.6) is 0 Å². The molecule has 8 nitrogen and oxygen atoms in total. The van der Waals surface area contributed by atoms with Crippen LogP contribution in [0.25, 0.3) is 33.4 Å². The second-order valence-electron chi connectivity index (χ2n) is 9.23. The topological polar surface area (TPSA) is 126 Å². The first kappa shape index (κ1) is 22.6. The van der Waals surface area contributed by atoms with Crippen molar-refractivity contribution >= 4 is 28.6 Å². The Morgan fingerprint density at radius 3 is 2.49 bits per heavy atom. The monoisotopic (exact) mass is 469 g/mol. The third-order valence-corrected chi connectivity index (χ3v) is 6.72. The minimum absolute atomic E-state index is 0.125. The number of nitrogen functional groups attached to an aromatic ring is 1. The van der Waals surface area contributed by atoms with Gasteiger partial charge in [-0.15, -0.1) is 0 Å². The van der Waals surface area contributed by atoms with Crippen LogP contribution in [0.3, 0.4) is 0 Å². The second-order valence-corrected chi connectivity index (χ2v) is 9.23. The highest BCUT2D eigenvalue weighted by Gasteiger charge is 2.49. The molecular weight excluding hydrogens is 442 g/mol. The lowest BCUT2D eigenvalue weighted by Gasteiger charge is -2.42. The summed E-state index contributed by atoms with van der Waals surface area (Å²) in [4.78, 5) is 29.5. The number of aromatic nitrogens is 3. The highest BCUT2D eigenvalue weighted by Crippen LogP contribution is 2.50. The lowest BCUT2D eigenvalue weighted by Crippen LogP contribution is -2.44. The first-order valence-corrected chi connectivity index (χ1v) is 11.6. The Balaban J connectivity index is 1.52. The first-order chi connectivity index (χ1) is 16.8. The van der Waals surface area contributed by atoms with Gasteiger partial charge < -0.3 is 16.2 Å². The van der Waals surface area contributed by atoms with Crippen LogP contribution >= 0.6 is 0 Å². The number of pyridine rings is 1. The summed E-state index contributed by atoms with van der Waals surface area (Å²) in [5, 5.41) is 5.66. The van der Waals surface area contributed by atoms with Gasteiger partial charge >= 0.3 is 5.97 Å². The molecule has 5 rings (SSSR count). The summed E-state index contributed by atoms with van der Waals surface area (Å²) in [6.45, 7) is 3.99. The number of primary amides is 1. The average Bonchev–Trinajstić information content (AvgIpc) is 3.19. The number of hydrogen-bond donors (Lipinski definition) is 2. The fourth-order valence-electron chi connectivity index (χ4n) is 4.83. The smallest absolute Gasteiger partial charge is 0.311 e. The van der Waals surface area contributed by atoms with Gasteiger partial charge in [0.25, 0.3) is 5.91 Å². The van der Waals surface area contributed by atoms with E-state index in [0.29, 0.717) is 30.7 Å². The Kier molecular flexibility index (Phi) is 5.51. The number of rotatable bonds is 6. The summed E-state index contributed by atoms with van der Waals surface area (Å²) in [7, 11) is 0. The molecule has 1 amide bonds. The van der Waals surface area contributed by atoms with Crippen molar-refractivity contribution in [2.75, 3.05) is 12.3 Å². The Bertz CT molecular complexity index is 1440. The first-order valence-electron chi connectivity index (χ1n) is 11.6. The van der Waals surface area contributed by atoms with Gasteiger partial charge in [0.1, 0.15) is 17.1 Å². The standard InChI is InChI=1S/C27H27N5O3/c1-3-35-26(34)27(2)14-19(15-27)32-24(28)22(25(29)33)23(31-32)18-10-9-17-11-12-20(30-21(17)13-18)16-7-5-4-6-8-16/h4-13,19H,3,14-15,28H2,1-2H3,(H2,29,33)/t19-,27-. The average molecular weight is 470 g/mol. The number of nitrogens with zero attached hydrogens (tertiary/aromatic N) is 3. The van der Waals surface area contributed by atoms with Gasteiger partial charge in [-0.1, -0.05) is 48.5 Å². The molecule has 2 aromatic heterocycles. The third kappa shape index (κ3) is 3.90. The molecule has 0 bridgehead atoms. The molecular formula is C27H27N5O3. The van der Waals surface area contributed by atoms with E-state index in [1.54, 1.807) is 11.6 Å². The lowest BCUT2D eigenvalue weighted by atomic mass is 9.67. The molecule has 4 aromatic rings. The Morgan fingerprint density at radius 2 is 1.80 bits per heavy atom. The zero-order valence-corrected chi connectivity index (χ0v) is 19.7. The Morgan fingerprint density at radius 1 is 1.09 bits per heavy atom. The molecule has 0 radical (unpaired) electrons. The van der Waals surface area contributed by atoms with E-state index in [4.69, 9.17) is 26.3 Å². The number of ether oxygens (including phenoxy) is 1. The van der Waals surface area contributed by atoms with Gasteiger partial charge in [0.2, 0.25) is 0 Å². The third-order valence-electron chi connectivity index (χ3n) is 6.72. The number of fused-ring (bicyclic) bond motifs is 1. The number of hydrogen-bond acceptors (Lipinski definition) is 6. The van der Waals surface area contributed by atoms with Crippen LogP contribution in [0.2, 0.25) is 0 Å². The highest BCUT2D eigenvalue weighted by atomic mass is 16.5. The molecule has 1 fully saturated rings. The SMILES string of the molecule is CCOC(=O)[C@]1(C)C[C@@H](n2nc(-c3ccc4ccc(-c5ccccc5)nc4c3)c(C(N)=O)c2N)C1. The largest absolute Gasteiger partial charge is 0.466 e. The van der Waals surface area contributed by atoms with E-state index in [2.05, 4.69) is 0 Å². The number of benzene rings is 2. The van der Waals surface area contributed by atoms with Crippen LogP contribution in [-0.2, 0) is 9.53 Å². The molecule has 178 valence electrons. The van der Waals surface area contributed by atoms with Gasteiger partial charge in [-0.25, -0.2) is 9.67 Å². The van der Waals surface area contributed by atoms with Crippen molar-refractivity contribution < 1.29 is 14.3 Å². The zero-order chi connectivity index (χ0) is 24.7. The normalized spacial score (nSPS) is 19.3. The molecule has 8 heteroatoms. The van der Waals surface area contributed by atoms with Gasteiger partial charge in [0.15, 0.2) is 0 Å². The number of carbonyl (C=O) groups excluding carboxylic acids is 2. The fourth-order valence-corrected chi connectivity index (χ4v) is 4.83. The van der Waals surface area contributed by atoms with E-state index in [1.165, 1.54) is 0 Å².